The molecule has 21 heavy (non-hydrogen) atoms. The van der Waals surface area contributed by atoms with E-state index in [1.807, 2.05) is 11.7 Å². The summed E-state index contributed by atoms with van der Waals surface area (Å²) in [4.78, 5) is 0. The van der Waals surface area contributed by atoms with Crippen LogP contribution in [0.25, 0.3) is 10.9 Å². The minimum absolute atomic E-state index is 0.615. The van der Waals surface area contributed by atoms with Crippen molar-refractivity contribution in [2.75, 3.05) is 7.11 Å². The fraction of sp³-hybridized carbons (Fsp3) is 0.611. The maximum absolute atomic E-state index is 5.33. The summed E-state index contributed by atoms with van der Waals surface area (Å²) in [5, 5.41) is 5.82. The van der Waals surface area contributed by atoms with E-state index >= 15 is 0 Å². The predicted molar refractivity (Wildman–Crippen MR) is 88.6 cm³/mol. The quantitative estimate of drug-likeness (QED) is 0.698. The lowest BCUT2D eigenvalue weighted by Gasteiger charge is -2.16. The second-order valence-corrected chi connectivity index (χ2v) is 5.91. The Morgan fingerprint density at radius 1 is 1.19 bits per heavy atom. The molecule has 1 atom stereocenters. The Bertz CT molecular complexity index is 574. The lowest BCUT2D eigenvalue weighted by atomic mass is 9.89. The Morgan fingerprint density at radius 2 is 2.00 bits per heavy atom. The van der Waals surface area contributed by atoms with Gasteiger partial charge in [0, 0.05) is 19.5 Å². The molecule has 0 aliphatic carbocycles. The molecule has 0 spiro atoms. The van der Waals surface area contributed by atoms with E-state index in [9.17, 15) is 0 Å². The largest absolute Gasteiger partial charge is 0.378 e. The van der Waals surface area contributed by atoms with Crippen LogP contribution in [0.1, 0.15) is 63.1 Å². The van der Waals surface area contributed by atoms with Gasteiger partial charge in [0.05, 0.1) is 17.8 Å². The van der Waals surface area contributed by atoms with E-state index < -0.39 is 0 Å². The van der Waals surface area contributed by atoms with E-state index in [-0.39, 0.29) is 0 Å². The summed E-state index contributed by atoms with van der Waals surface area (Å²) in [5.41, 5.74) is 3.70. The third-order valence-electron chi connectivity index (χ3n) is 4.28. The van der Waals surface area contributed by atoms with Crippen LogP contribution in [0.3, 0.4) is 0 Å². The molecule has 2 rings (SSSR count). The second-order valence-electron chi connectivity index (χ2n) is 5.91. The molecule has 0 N–H and O–H groups in total. The minimum Gasteiger partial charge on any atom is -0.378 e. The van der Waals surface area contributed by atoms with E-state index in [0.717, 1.165) is 5.52 Å². The van der Waals surface area contributed by atoms with Gasteiger partial charge in [-0.15, -0.1) is 0 Å². The molecule has 0 aliphatic rings. The first-order valence-electron chi connectivity index (χ1n) is 8.15. The van der Waals surface area contributed by atoms with Crippen molar-refractivity contribution in [2.45, 2.75) is 58.5 Å². The number of benzene rings is 1. The summed E-state index contributed by atoms with van der Waals surface area (Å²) >= 11 is 0. The second kappa shape index (κ2) is 7.60. The molecular formula is C18H28N2O. The predicted octanol–water partition coefficient (Wildman–Crippen LogP) is 4.79. The van der Waals surface area contributed by atoms with Crippen LogP contribution in [0.4, 0.5) is 0 Å². The number of unbranched alkanes of at least 4 members (excludes halogenated alkanes) is 1. The van der Waals surface area contributed by atoms with Gasteiger partial charge in [-0.2, -0.15) is 5.10 Å². The van der Waals surface area contributed by atoms with Gasteiger partial charge in [-0.1, -0.05) is 39.2 Å². The number of hydrogen-bond donors (Lipinski definition) is 0. The first-order chi connectivity index (χ1) is 10.2. The highest BCUT2D eigenvalue weighted by atomic mass is 16.5. The maximum Gasteiger partial charge on any atom is 0.0927 e. The van der Waals surface area contributed by atoms with Gasteiger partial charge in [-0.25, -0.2) is 0 Å². The Labute approximate surface area is 128 Å². The molecule has 1 aromatic heterocycles. The summed E-state index contributed by atoms with van der Waals surface area (Å²) in [6, 6.07) is 6.77. The lowest BCUT2D eigenvalue weighted by Crippen LogP contribution is -2.00. The van der Waals surface area contributed by atoms with Gasteiger partial charge in [0.2, 0.25) is 0 Å². The highest BCUT2D eigenvalue weighted by Crippen LogP contribution is 2.30. The van der Waals surface area contributed by atoms with Crippen molar-refractivity contribution in [3.8, 4) is 0 Å². The van der Waals surface area contributed by atoms with Gasteiger partial charge in [0.15, 0.2) is 0 Å². The van der Waals surface area contributed by atoms with E-state index in [1.165, 1.54) is 48.7 Å². The molecule has 3 heteroatoms. The van der Waals surface area contributed by atoms with Crippen molar-refractivity contribution >= 4 is 10.9 Å². The molecule has 0 radical (unpaired) electrons. The van der Waals surface area contributed by atoms with Gasteiger partial charge in [-0.05, 0) is 36.5 Å². The van der Waals surface area contributed by atoms with Crippen LogP contribution in [0.2, 0.25) is 0 Å². The van der Waals surface area contributed by atoms with Crippen LogP contribution in [-0.2, 0) is 18.4 Å². The van der Waals surface area contributed by atoms with Crippen LogP contribution >= 0.6 is 0 Å². The van der Waals surface area contributed by atoms with Gasteiger partial charge in [-0.3, -0.25) is 4.68 Å². The Morgan fingerprint density at radius 3 is 2.67 bits per heavy atom. The third kappa shape index (κ3) is 3.65. The van der Waals surface area contributed by atoms with Gasteiger partial charge < -0.3 is 4.74 Å². The summed E-state index contributed by atoms with van der Waals surface area (Å²) in [5.74, 6) is 0.676. The maximum atomic E-state index is 5.33. The Hall–Kier alpha value is -1.35. The SMILES string of the molecule is CCCCC(CCC)c1ccc2nn(C)c(COC)c2c1. The number of hydrogen-bond acceptors (Lipinski definition) is 2. The molecule has 0 saturated carbocycles. The zero-order valence-corrected chi connectivity index (χ0v) is 13.9. The zero-order valence-electron chi connectivity index (χ0n) is 13.9. The van der Waals surface area contributed by atoms with Crippen LogP contribution < -0.4 is 0 Å². The zero-order chi connectivity index (χ0) is 15.2. The number of ether oxygens (including phenoxy) is 1. The minimum atomic E-state index is 0.615. The van der Waals surface area contributed by atoms with Crippen LogP contribution in [-0.4, -0.2) is 16.9 Å². The van der Waals surface area contributed by atoms with Gasteiger partial charge in [0.1, 0.15) is 0 Å². The fourth-order valence-electron chi connectivity index (χ4n) is 3.11. The summed E-state index contributed by atoms with van der Waals surface area (Å²) < 4.78 is 7.27. The average Bonchev–Trinajstić information content (AvgIpc) is 2.79. The number of rotatable bonds is 8. The monoisotopic (exact) mass is 288 g/mol. The molecule has 1 unspecified atom stereocenters. The number of aromatic nitrogens is 2. The highest BCUT2D eigenvalue weighted by Gasteiger charge is 2.14. The molecule has 1 aromatic carbocycles. The van der Waals surface area contributed by atoms with Crippen molar-refractivity contribution in [3.63, 3.8) is 0 Å². The average molecular weight is 288 g/mol. The van der Waals surface area contributed by atoms with Crippen molar-refractivity contribution in [1.29, 1.82) is 0 Å². The molecule has 116 valence electrons. The molecule has 2 aromatic rings. The van der Waals surface area contributed by atoms with Gasteiger partial charge >= 0.3 is 0 Å². The highest BCUT2D eigenvalue weighted by molar-refractivity contribution is 5.82. The van der Waals surface area contributed by atoms with Crippen LogP contribution in [0.15, 0.2) is 18.2 Å². The lowest BCUT2D eigenvalue weighted by molar-refractivity contribution is 0.179. The van der Waals surface area contributed by atoms with E-state index in [2.05, 4.69) is 37.1 Å². The summed E-state index contributed by atoms with van der Waals surface area (Å²) in [7, 11) is 3.73. The van der Waals surface area contributed by atoms with E-state index in [1.54, 1.807) is 7.11 Å². The van der Waals surface area contributed by atoms with Gasteiger partial charge in [0.25, 0.3) is 0 Å². The number of nitrogens with zero attached hydrogens (tertiary/aromatic N) is 2. The Kier molecular flexibility index (Phi) is 5.80. The van der Waals surface area contributed by atoms with Crippen molar-refractivity contribution in [1.82, 2.24) is 9.78 Å². The normalized spacial score (nSPS) is 13.0. The first kappa shape index (κ1) is 16.0. The van der Waals surface area contributed by atoms with Crippen molar-refractivity contribution < 1.29 is 4.74 Å². The first-order valence-corrected chi connectivity index (χ1v) is 8.15. The summed E-state index contributed by atoms with van der Waals surface area (Å²) in [6.07, 6.45) is 6.37. The molecule has 0 aliphatic heterocycles. The van der Waals surface area contributed by atoms with Crippen molar-refractivity contribution in [3.05, 3.63) is 29.5 Å². The third-order valence-corrected chi connectivity index (χ3v) is 4.28. The van der Waals surface area contributed by atoms with Crippen LogP contribution in [0.5, 0.6) is 0 Å². The number of fused-ring (bicyclic) bond motifs is 1. The molecule has 0 amide bonds. The summed E-state index contributed by atoms with van der Waals surface area (Å²) in [6.45, 7) is 5.16. The number of methoxy groups -OCH3 is 1. The molecule has 3 nitrogen and oxygen atoms in total. The number of aryl methyl sites for hydroxylation is 1. The van der Waals surface area contributed by atoms with E-state index in [0.29, 0.717) is 12.5 Å². The molecule has 0 fully saturated rings. The molecule has 0 saturated heterocycles. The molecule has 0 bridgehead atoms. The Balaban J connectivity index is 2.36. The molecular weight excluding hydrogens is 260 g/mol. The smallest absolute Gasteiger partial charge is 0.0927 e. The molecule has 1 heterocycles. The van der Waals surface area contributed by atoms with Crippen molar-refractivity contribution in [2.24, 2.45) is 7.05 Å². The topological polar surface area (TPSA) is 27.1 Å². The van der Waals surface area contributed by atoms with E-state index in [4.69, 9.17) is 4.74 Å². The fourth-order valence-corrected chi connectivity index (χ4v) is 3.11. The van der Waals surface area contributed by atoms with Crippen LogP contribution in [0, 0.1) is 0 Å². The standard InChI is InChI=1S/C18H28N2O/c1-5-7-9-14(8-6-2)15-10-11-17-16(12-15)18(13-21-4)20(3)19-17/h10-12,14H,5-9,13H2,1-4H3.